The van der Waals surface area contributed by atoms with Gasteiger partial charge in [-0.3, -0.25) is 4.99 Å². The summed E-state index contributed by atoms with van der Waals surface area (Å²) in [5.41, 5.74) is 2.80. The number of nitrogens with zero attached hydrogens (tertiary/aromatic N) is 1. The van der Waals surface area contributed by atoms with Gasteiger partial charge in [0.1, 0.15) is 0 Å². The molecular formula is C11H19N. The van der Waals surface area contributed by atoms with E-state index in [9.17, 15) is 0 Å². The van der Waals surface area contributed by atoms with Gasteiger partial charge < -0.3 is 0 Å². The summed E-state index contributed by atoms with van der Waals surface area (Å²) in [5, 5.41) is 0. The summed E-state index contributed by atoms with van der Waals surface area (Å²) in [7, 11) is 0. The molecule has 1 atom stereocenters. The molecule has 0 aromatic rings. The first-order chi connectivity index (χ1) is 5.74. The zero-order chi connectivity index (χ0) is 8.97. The van der Waals surface area contributed by atoms with Crippen LogP contribution in [0, 0.1) is 5.92 Å². The quantitative estimate of drug-likeness (QED) is 0.569. The Labute approximate surface area is 75.6 Å². The molecule has 0 aromatic carbocycles. The Balaban J connectivity index is 2.45. The molecule has 0 aliphatic heterocycles. The van der Waals surface area contributed by atoms with Crippen molar-refractivity contribution in [3.8, 4) is 0 Å². The maximum atomic E-state index is 4.58. The topological polar surface area (TPSA) is 12.4 Å². The van der Waals surface area contributed by atoms with Gasteiger partial charge in [-0.05, 0) is 25.8 Å². The largest absolute Gasteiger partial charge is 0.289 e. The molecule has 0 heterocycles. The van der Waals surface area contributed by atoms with E-state index in [4.69, 9.17) is 0 Å². The number of allylic oxidation sites excluding steroid dienone is 2. The van der Waals surface area contributed by atoms with Crippen molar-refractivity contribution in [3.05, 3.63) is 11.6 Å². The van der Waals surface area contributed by atoms with Gasteiger partial charge in [-0.15, -0.1) is 0 Å². The summed E-state index contributed by atoms with van der Waals surface area (Å²) in [5.74, 6) is 0.668. The maximum absolute atomic E-state index is 4.58. The Bertz CT molecular complexity index is 201. The van der Waals surface area contributed by atoms with E-state index in [1.54, 1.807) is 0 Å². The van der Waals surface area contributed by atoms with Crippen LogP contribution in [0.25, 0.3) is 0 Å². The first kappa shape index (κ1) is 9.50. The highest BCUT2D eigenvalue weighted by Crippen LogP contribution is 2.21. The standard InChI is InChI=1S/C11H19N/c1-4-5-6-12-11-8-9(2)7-10(11)3/h8,10H,4-7H2,1-3H3. The van der Waals surface area contributed by atoms with Crippen molar-refractivity contribution in [2.45, 2.75) is 40.0 Å². The Morgan fingerprint density at radius 3 is 2.83 bits per heavy atom. The van der Waals surface area contributed by atoms with Gasteiger partial charge in [-0.25, -0.2) is 0 Å². The highest BCUT2D eigenvalue weighted by atomic mass is 14.7. The van der Waals surface area contributed by atoms with E-state index in [-0.39, 0.29) is 0 Å². The van der Waals surface area contributed by atoms with Crippen LogP contribution in [-0.4, -0.2) is 12.3 Å². The molecule has 1 rings (SSSR count). The molecule has 1 aliphatic carbocycles. The molecule has 0 bridgehead atoms. The molecule has 0 saturated heterocycles. The molecule has 0 spiro atoms. The number of hydrogen-bond acceptors (Lipinski definition) is 1. The van der Waals surface area contributed by atoms with Crippen molar-refractivity contribution >= 4 is 5.71 Å². The first-order valence-electron chi connectivity index (χ1n) is 4.95. The Morgan fingerprint density at radius 1 is 1.58 bits per heavy atom. The summed E-state index contributed by atoms with van der Waals surface area (Å²) in [6.07, 6.45) is 5.93. The minimum Gasteiger partial charge on any atom is -0.289 e. The lowest BCUT2D eigenvalue weighted by Gasteiger charge is -2.02. The molecule has 0 fully saturated rings. The smallest absolute Gasteiger partial charge is 0.0392 e. The third kappa shape index (κ3) is 2.47. The Hall–Kier alpha value is -0.590. The minimum absolute atomic E-state index is 0.668. The summed E-state index contributed by atoms with van der Waals surface area (Å²) >= 11 is 0. The summed E-state index contributed by atoms with van der Waals surface area (Å²) in [4.78, 5) is 4.58. The molecule has 68 valence electrons. The minimum atomic E-state index is 0.668. The number of unbranched alkanes of at least 4 members (excludes halogenated alkanes) is 1. The normalized spacial score (nSPS) is 26.4. The third-order valence-electron chi connectivity index (χ3n) is 2.33. The third-order valence-corrected chi connectivity index (χ3v) is 2.33. The highest BCUT2D eigenvalue weighted by Gasteiger charge is 2.15. The molecule has 12 heavy (non-hydrogen) atoms. The zero-order valence-electron chi connectivity index (χ0n) is 8.43. The maximum Gasteiger partial charge on any atom is 0.0392 e. The van der Waals surface area contributed by atoms with Gasteiger partial charge in [0.2, 0.25) is 0 Å². The van der Waals surface area contributed by atoms with Gasteiger partial charge in [0.25, 0.3) is 0 Å². The van der Waals surface area contributed by atoms with Crippen LogP contribution in [0.4, 0.5) is 0 Å². The van der Waals surface area contributed by atoms with Crippen molar-refractivity contribution in [1.82, 2.24) is 0 Å². The lowest BCUT2D eigenvalue weighted by molar-refractivity contribution is 0.765. The van der Waals surface area contributed by atoms with E-state index in [1.165, 1.54) is 30.5 Å². The second-order valence-corrected chi connectivity index (χ2v) is 3.76. The Morgan fingerprint density at radius 2 is 2.33 bits per heavy atom. The van der Waals surface area contributed by atoms with E-state index in [0.717, 1.165) is 6.54 Å². The summed E-state index contributed by atoms with van der Waals surface area (Å²) in [6, 6.07) is 0. The lowest BCUT2D eigenvalue weighted by Crippen LogP contribution is -2.02. The molecule has 1 heteroatoms. The molecule has 0 saturated carbocycles. The fourth-order valence-corrected chi connectivity index (χ4v) is 1.61. The molecule has 1 unspecified atom stereocenters. The fourth-order valence-electron chi connectivity index (χ4n) is 1.61. The van der Waals surface area contributed by atoms with Crippen molar-refractivity contribution in [3.63, 3.8) is 0 Å². The second kappa shape index (κ2) is 4.44. The van der Waals surface area contributed by atoms with E-state index < -0.39 is 0 Å². The average Bonchev–Trinajstić information content (AvgIpc) is 2.31. The van der Waals surface area contributed by atoms with Crippen LogP contribution in [0.15, 0.2) is 16.6 Å². The predicted octanol–water partition coefficient (Wildman–Crippen LogP) is 3.21. The van der Waals surface area contributed by atoms with Gasteiger partial charge in [0.15, 0.2) is 0 Å². The van der Waals surface area contributed by atoms with E-state index in [1.807, 2.05) is 0 Å². The Kier molecular flexibility index (Phi) is 3.51. The number of rotatable bonds is 3. The molecule has 1 nitrogen and oxygen atoms in total. The van der Waals surface area contributed by atoms with E-state index in [0.29, 0.717) is 5.92 Å². The van der Waals surface area contributed by atoms with Gasteiger partial charge >= 0.3 is 0 Å². The van der Waals surface area contributed by atoms with Gasteiger partial charge in [-0.1, -0.05) is 25.8 Å². The van der Waals surface area contributed by atoms with Crippen LogP contribution in [0.3, 0.4) is 0 Å². The zero-order valence-corrected chi connectivity index (χ0v) is 8.43. The summed E-state index contributed by atoms with van der Waals surface area (Å²) in [6.45, 7) is 7.68. The lowest BCUT2D eigenvalue weighted by atomic mass is 10.1. The van der Waals surface area contributed by atoms with Crippen molar-refractivity contribution in [2.75, 3.05) is 6.54 Å². The first-order valence-corrected chi connectivity index (χ1v) is 4.95. The molecule has 0 amide bonds. The van der Waals surface area contributed by atoms with Crippen LogP contribution in [0.2, 0.25) is 0 Å². The van der Waals surface area contributed by atoms with Crippen molar-refractivity contribution < 1.29 is 0 Å². The van der Waals surface area contributed by atoms with E-state index in [2.05, 4.69) is 31.8 Å². The fraction of sp³-hybridized carbons (Fsp3) is 0.727. The predicted molar refractivity (Wildman–Crippen MR) is 54.7 cm³/mol. The van der Waals surface area contributed by atoms with Crippen molar-refractivity contribution in [1.29, 1.82) is 0 Å². The summed E-state index contributed by atoms with van der Waals surface area (Å²) < 4.78 is 0. The average molecular weight is 165 g/mol. The highest BCUT2D eigenvalue weighted by molar-refractivity contribution is 5.99. The second-order valence-electron chi connectivity index (χ2n) is 3.76. The molecule has 0 aromatic heterocycles. The molecule has 1 aliphatic rings. The van der Waals surface area contributed by atoms with E-state index >= 15 is 0 Å². The SMILES string of the molecule is CCCCN=C1C=C(C)CC1C. The molecule has 0 N–H and O–H groups in total. The van der Waals surface area contributed by atoms with Gasteiger partial charge in [-0.2, -0.15) is 0 Å². The van der Waals surface area contributed by atoms with Crippen molar-refractivity contribution in [2.24, 2.45) is 10.9 Å². The van der Waals surface area contributed by atoms with Gasteiger partial charge in [0.05, 0.1) is 0 Å². The van der Waals surface area contributed by atoms with Crippen LogP contribution < -0.4 is 0 Å². The monoisotopic (exact) mass is 165 g/mol. The molecule has 0 radical (unpaired) electrons. The molecular weight excluding hydrogens is 146 g/mol. The van der Waals surface area contributed by atoms with Crippen LogP contribution >= 0.6 is 0 Å². The van der Waals surface area contributed by atoms with Crippen LogP contribution in [0.5, 0.6) is 0 Å². The van der Waals surface area contributed by atoms with Crippen LogP contribution in [-0.2, 0) is 0 Å². The van der Waals surface area contributed by atoms with Gasteiger partial charge in [0, 0.05) is 18.2 Å². The number of aliphatic imine (C=N–C) groups is 1. The number of hydrogen-bond donors (Lipinski definition) is 0. The van der Waals surface area contributed by atoms with Crippen LogP contribution in [0.1, 0.15) is 40.0 Å².